The molecular formula is C15H20N2O3S. The van der Waals surface area contributed by atoms with E-state index in [1.54, 1.807) is 13.0 Å². The molecule has 2 rings (SSSR count). The van der Waals surface area contributed by atoms with Gasteiger partial charge < -0.3 is 15.7 Å². The van der Waals surface area contributed by atoms with Crippen molar-refractivity contribution in [1.82, 2.24) is 5.32 Å². The summed E-state index contributed by atoms with van der Waals surface area (Å²) in [6.07, 6.45) is 2.34. The van der Waals surface area contributed by atoms with E-state index in [9.17, 15) is 9.59 Å². The molecule has 3 N–H and O–H groups in total. The zero-order valence-corrected chi connectivity index (χ0v) is 13.0. The third-order valence-electron chi connectivity index (χ3n) is 3.67. The van der Waals surface area contributed by atoms with Crippen molar-refractivity contribution < 1.29 is 14.7 Å². The molecular weight excluding hydrogens is 288 g/mol. The third-order valence-corrected chi connectivity index (χ3v) is 5.07. The Balaban J connectivity index is 1.98. The van der Waals surface area contributed by atoms with Gasteiger partial charge in [-0.3, -0.25) is 0 Å². The number of aryl methyl sites for hydroxylation is 1. The van der Waals surface area contributed by atoms with Gasteiger partial charge in [-0.1, -0.05) is 0 Å². The monoisotopic (exact) mass is 308 g/mol. The van der Waals surface area contributed by atoms with Gasteiger partial charge in [0.15, 0.2) is 0 Å². The number of thioether (sulfide) groups is 1. The molecule has 1 heterocycles. The van der Waals surface area contributed by atoms with Crippen molar-refractivity contribution >= 4 is 29.4 Å². The quantitative estimate of drug-likeness (QED) is 0.799. The van der Waals surface area contributed by atoms with Gasteiger partial charge in [0.2, 0.25) is 0 Å². The number of carboxylic acids is 1. The lowest BCUT2D eigenvalue weighted by Crippen LogP contribution is -2.33. The Bertz CT molecular complexity index is 554. The summed E-state index contributed by atoms with van der Waals surface area (Å²) in [4.78, 5) is 23.0. The van der Waals surface area contributed by atoms with Crippen LogP contribution in [0.15, 0.2) is 12.1 Å². The van der Waals surface area contributed by atoms with Crippen LogP contribution in [0.1, 0.15) is 34.3 Å². The number of hydrogen-bond donors (Lipinski definition) is 3. The normalized spacial score (nSPS) is 17.5. The summed E-state index contributed by atoms with van der Waals surface area (Å²) < 4.78 is 0. The Morgan fingerprint density at radius 1 is 1.38 bits per heavy atom. The van der Waals surface area contributed by atoms with Crippen LogP contribution in [-0.4, -0.2) is 34.7 Å². The van der Waals surface area contributed by atoms with E-state index in [4.69, 9.17) is 5.11 Å². The minimum atomic E-state index is -0.984. The molecule has 1 unspecified atom stereocenters. The molecule has 0 spiro atoms. The SMILES string of the molecule is Cc1cc(NC(=O)NCC2CCCS2)cc(C(=O)O)c1C. The molecule has 0 bridgehead atoms. The number of urea groups is 1. The molecule has 1 fully saturated rings. The molecule has 0 aliphatic carbocycles. The summed E-state index contributed by atoms with van der Waals surface area (Å²) >= 11 is 1.88. The van der Waals surface area contributed by atoms with Crippen LogP contribution in [0, 0.1) is 13.8 Å². The van der Waals surface area contributed by atoms with Gasteiger partial charge in [-0.2, -0.15) is 11.8 Å². The number of carbonyl (C=O) groups excluding carboxylic acids is 1. The van der Waals surface area contributed by atoms with Gasteiger partial charge in [-0.05, 0) is 55.7 Å². The van der Waals surface area contributed by atoms with Gasteiger partial charge in [0.1, 0.15) is 0 Å². The Hall–Kier alpha value is -1.69. The topological polar surface area (TPSA) is 78.4 Å². The summed E-state index contributed by atoms with van der Waals surface area (Å²) in [5.41, 5.74) is 2.29. The second kappa shape index (κ2) is 6.85. The molecule has 1 aromatic rings. The van der Waals surface area contributed by atoms with E-state index in [0.717, 1.165) is 23.3 Å². The average molecular weight is 308 g/mol. The maximum absolute atomic E-state index is 11.9. The molecule has 6 heteroatoms. The Morgan fingerprint density at radius 3 is 2.76 bits per heavy atom. The average Bonchev–Trinajstić information content (AvgIpc) is 2.93. The summed E-state index contributed by atoms with van der Waals surface area (Å²) in [6, 6.07) is 2.99. The summed E-state index contributed by atoms with van der Waals surface area (Å²) in [6.45, 7) is 4.24. The number of anilines is 1. The predicted molar refractivity (Wildman–Crippen MR) is 85.4 cm³/mol. The fourth-order valence-corrected chi connectivity index (χ4v) is 3.54. The second-order valence-electron chi connectivity index (χ2n) is 5.24. The Morgan fingerprint density at radius 2 is 2.14 bits per heavy atom. The number of aromatic carboxylic acids is 1. The van der Waals surface area contributed by atoms with Crippen molar-refractivity contribution in [3.63, 3.8) is 0 Å². The van der Waals surface area contributed by atoms with Crippen LogP contribution in [0.25, 0.3) is 0 Å². The van der Waals surface area contributed by atoms with Gasteiger partial charge in [-0.15, -0.1) is 0 Å². The smallest absolute Gasteiger partial charge is 0.336 e. The lowest BCUT2D eigenvalue weighted by molar-refractivity contribution is 0.0696. The summed E-state index contributed by atoms with van der Waals surface area (Å²) in [5.74, 6) is 0.176. The highest BCUT2D eigenvalue weighted by Crippen LogP contribution is 2.25. The fraction of sp³-hybridized carbons (Fsp3) is 0.467. The van der Waals surface area contributed by atoms with Crippen LogP contribution >= 0.6 is 11.8 Å². The molecule has 1 atom stereocenters. The van der Waals surface area contributed by atoms with E-state index in [-0.39, 0.29) is 11.6 Å². The molecule has 114 valence electrons. The Labute approximate surface area is 128 Å². The fourth-order valence-electron chi connectivity index (χ4n) is 2.34. The second-order valence-corrected chi connectivity index (χ2v) is 6.65. The molecule has 0 radical (unpaired) electrons. The van der Waals surface area contributed by atoms with Crippen LogP contribution in [0.4, 0.5) is 10.5 Å². The van der Waals surface area contributed by atoms with Gasteiger partial charge in [0, 0.05) is 17.5 Å². The number of benzene rings is 1. The maximum Gasteiger partial charge on any atom is 0.336 e. The molecule has 1 aliphatic rings. The highest BCUT2D eigenvalue weighted by Gasteiger charge is 2.17. The number of nitrogens with one attached hydrogen (secondary N) is 2. The zero-order valence-electron chi connectivity index (χ0n) is 12.2. The van der Waals surface area contributed by atoms with Gasteiger partial charge in [0.25, 0.3) is 0 Å². The first kappa shape index (κ1) is 15.7. The van der Waals surface area contributed by atoms with Crippen LogP contribution in [0.5, 0.6) is 0 Å². The third kappa shape index (κ3) is 4.14. The lowest BCUT2D eigenvalue weighted by atomic mass is 10.0. The van der Waals surface area contributed by atoms with Crippen molar-refractivity contribution in [2.24, 2.45) is 0 Å². The Kier molecular flexibility index (Phi) is 5.12. The first-order valence-corrected chi connectivity index (χ1v) is 8.03. The van der Waals surface area contributed by atoms with E-state index in [2.05, 4.69) is 10.6 Å². The van der Waals surface area contributed by atoms with E-state index in [1.807, 2.05) is 18.7 Å². The van der Waals surface area contributed by atoms with Crippen LogP contribution < -0.4 is 10.6 Å². The van der Waals surface area contributed by atoms with Crippen molar-refractivity contribution in [2.45, 2.75) is 31.9 Å². The van der Waals surface area contributed by atoms with Crippen molar-refractivity contribution in [3.8, 4) is 0 Å². The standard InChI is InChI=1S/C15H20N2O3S/c1-9-6-11(7-13(10(9)2)14(18)19)17-15(20)16-8-12-4-3-5-21-12/h6-7,12H,3-5,8H2,1-2H3,(H,18,19)(H2,16,17,20). The van der Waals surface area contributed by atoms with E-state index in [0.29, 0.717) is 17.5 Å². The highest BCUT2D eigenvalue weighted by atomic mass is 32.2. The predicted octanol–water partition coefficient (Wildman–Crippen LogP) is 3.02. The van der Waals surface area contributed by atoms with Crippen LogP contribution in [0.2, 0.25) is 0 Å². The zero-order chi connectivity index (χ0) is 15.4. The molecule has 5 nitrogen and oxygen atoms in total. The molecule has 1 aliphatic heterocycles. The largest absolute Gasteiger partial charge is 0.478 e. The van der Waals surface area contributed by atoms with Crippen molar-refractivity contribution in [3.05, 3.63) is 28.8 Å². The van der Waals surface area contributed by atoms with Crippen molar-refractivity contribution in [1.29, 1.82) is 0 Å². The van der Waals surface area contributed by atoms with Gasteiger partial charge in [-0.25, -0.2) is 9.59 Å². The highest BCUT2D eigenvalue weighted by molar-refractivity contribution is 8.00. The molecule has 0 aromatic heterocycles. The molecule has 21 heavy (non-hydrogen) atoms. The first-order chi connectivity index (χ1) is 9.97. The lowest BCUT2D eigenvalue weighted by Gasteiger charge is -2.13. The summed E-state index contributed by atoms with van der Waals surface area (Å²) in [7, 11) is 0. The number of rotatable bonds is 4. The molecule has 1 saturated heterocycles. The van der Waals surface area contributed by atoms with Crippen LogP contribution in [0.3, 0.4) is 0 Å². The number of hydrogen-bond acceptors (Lipinski definition) is 3. The number of carboxylic acid groups (broad SMARTS) is 1. The molecule has 0 saturated carbocycles. The number of amides is 2. The minimum absolute atomic E-state index is 0.219. The number of carbonyl (C=O) groups is 2. The van der Waals surface area contributed by atoms with E-state index in [1.165, 1.54) is 12.5 Å². The molecule has 2 amide bonds. The molecule has 1 aromatic carbocycles. The van der Waals surface area contributed by atoms with Crippen molar-refractivity contribution in [2.75, 3.05) is 17.6 Å². The van der Waals surface area contributed by atoms with E-state index < -0.39 is 5.97 Å². The van der Waals surface area contributed by atoms with Crippen LogP contribution in [-0.2, 0) is 0 Å². The minimum Gasteiger partial charge on any atom is -0.478 e. The first-order valence-electron chi connectivity index (χ1n) is 6.98. The van der Waals surface area contributed by atoms with E-state index >= 15 is 0 Å². The van der Waals surface area contributed by atoms with Gasteiger partial charge >= 0.3 is 12.0 Å². The maximum atomic E-state index is 11.9. The van der Waals surface area contributed by atoms with Gasteiger partial charge in [0.05, 0.1) is 5.56 Å². The summed E-state index contributed by atoms with van der Waals surface area (Å²) in [5, 5.41) is 15.2.